The summed E-state index contributed by atoms with van der Waals surface area (Å²) in [4.78, 5) is 27.4. The van der Waals surface area contributed by atoms with E-state index in [4.69, 9.17) is 9.84 Å². The zero-order valence-corrected chi connectivity index (χ0v) is 12.9. The first kappa shape index (κ1) is 20.9. The lowest BCUT2D eigenvalue weighted by molar-refractivity contribution is -0.144. The van der Waals surface area contributed by atoms with Crippen LogP contribution in [0.15, 0.2) is 18.3 Å². The maximum absolute atomic E-state index is 11.2. The fourth-order valence-electron chi connectivity index (χ4n) is 1.44. The molecule has 0 spiro atoms. The second kappa shape index (κ2) is 10.4. The van der Waals surface area contributed by atoms with Crippen LogP contribution in [0.2, 0.25) is 0 Å². The number of hydrogen-bond donors (Lipinski definition) is 1. The molecule has 1 aromatic rings. The molecule has 1 heterocycles. The first-order valence-electron chi connectivity index (χ1n) is 5.55. The van der Waals surface area contributed by atoms with Crippen LogP contribution in [0.3, 0.4) is 0 Å². The number of carbonyl (C=O) groups is 2. The van der Waals surface area contributed by atoms with Crippen LogP contribution in [0.25, 0.3) is 0 Å². The van der Waals surface area contributed by atoms with Crippen LogP contribution >= 0.6 is 24.8 Å². The van der Waals surface area contributed by atoms with E-state index in [-0.39, 0.29) is 43.0 Å². The van der Waals surface area contributed by atoms with Gasteiger partial charge < -0.3 is 9.84 Å². The Morgan fingerprint density at radius 3 is 2.45 bits per heavy atom. The Balaban J connectivity index is 0. The predicted molar refractivity (Wildman–Crippen MR) is 78.7 cm³/mol. The van der Waals surface area contributed by atoms with Crippen molar-refractivity contribution >= 4 is 36.8 Å². The van der Waals surface area contributed by atoms with Gasteiger partial charge in [0.2, 0.25) is 0 Å². The first-order chi connectivity index (χ1) is 8.52. The van der Waals surface area contributed by atoms with E-state index < -0.39 is 5.97 Å². The van der Waals surface area contributed by atoms with Crippen molar-refractivity contribution in [1.82, 2.24) is 9.88 Å². The number of esters is 1. The highest BCUT2D eigenvalue weighted by atomic mass is 35.5. The lowest BCUT2D eigenvalue weighted by Crippen LogP contribution is -2.27. The molecule has 0 aliphatic heterocycles. The number of carbonyl (C=O) groups excluding carboxylic acids is 1. The Bertz CT molecular complexity index is 426. The summed E-state index contributed by atoms with van der Waals surface area (Å²) in [6.07, 6.45) is 1.49. The summed E-state index contributed by atoms with van der Waals surface area (Å²) >= 11 is 0. The van der Waals surface area contributed by atoms with Gasteiger partial charge in [0.1, 0.15) is 5.69 Å². The monoisotopic (exact) mass is 324 g/mol. The Morgan fingerprint density at radius 2 is 2.00 bits per heavy atom. The van der Waals surface area contributed by atoms with Crippen molar-refractivity contribution in [3.63, 3.8) is 0 Å². The van der Waals surface area contributed by atoms with Gasteiger partial charge in [-0.05, 0) is 25.6 Å². The van der Waals surface area contributed by atoms with Crippen LogP contribution in [-0.4, -0.2) is 47.1 Å². The molecule has 0 radical (unpaired) electrons. The van der Waals surface area contributed by atoms with Gasteiger partial charge in [0.05, 0.1) is 13.2 Å². The minimum absolute atomic E-state index is 0. The fourth-order valence-corrected chi connectivity index (χ4v) is 1.44. The molecule has 0 atom stereocenters. The number of rotatable bonds is 6. The zero-order valence-electron chi connectivity index (χ0n) is 11.2. The summed E-state index contributed by atoms with van der Waals surface area (Å²) < 4.78 is 4.83. The Hall–Kier alpha value is -1.37. The molecule has 0 unspecified atom stereocenters. The number of likely N-dealkylation sites (N-methyl/N-ethyl adjacent to an activating group) is 1. The van der Waals surface area contributed by atoms with Crippen molar-refractivity contribution in [1.29, 1.82) is 0 Å². The van der Waals surface area contributed by atoms with Gasteiger partial charge in [-0.2, -0.15) is 0 Å². The molecule has 0 fully saturated rings. The fraction of sp³-hybridized carbons (Fsp3) is 0.417. The van der Waals surface area contributed by atoms with Crippen LogP contribution < -0.4 is 0 Å². The maximum atomic E-state index is 11.2. The highest BCUT2D eigenvalue weighted by Crippen LogP contribution is 2.03. The third kappa shape index (κ3) is 7.28. The second-order valence-electron chi connectivity index (χ2n) is 3.83. The average molecular weight is 325 g/mol. The third-order valence-corrected chi connectivity index (χ3v) is 2.20. The summed E-state index contributed by atoms with van der Waals surface area (Å²) in [6, 6.07) is 3.12. The standard InChI is InChI=1S/C12H16N2O4.2ClH/c1-3-18-11(15)8-14(2)7-9-4-5-10(12(16)17)13-6-9;;/h4-6H,3,7-8H2,1-2H3,(H,16,17);2*1H. The number of halogens is 2. The molecule has 20 heavy (non-hydrogen) atoms. The minimum Gasteiger partial charge on any atom is -0.477 e. The maximum Gasteiger partial charge on any atom is 0.354 e. The van der Waals surface area contributed by atoms with Gasteiger partial charge in [0.15, 0.2) is 0 Å². The van der Waals surface area contributed by atoms with Crippen LogP contribution in [0.1, 0.15) is 23.0 Å². The molecule has 1 aromatic heterocycles. The molecule has 6 nitrogen and oxygen atoms in total. The molecular formula is C12H18Cl2N2O4. The van der Waals surface area contributed by atoms with Crippen molar-refractivity contribution in [2.75, 3.05) is 20.2 Å². The molecular weight excluding hydrogens is 307 g/mol. The number of pyridine rings is 1. The van der Waals surface area contributed by atoms with Crippen molar-refractivity contribution in [3.05, 3.63) is 29.6 Å². The molecule has 0 saturated carbocycles. The molecule has 0 aliphatic rings. The SMILES string of the molecule is CCOC(=O)CN(C)Cc1ccc(C(=O)O)nc1.Cl.Cl. The molecule has 1 rings (SSSR count). The lowest BCUT2D eigenvalue weighted by atomic mass is 10.2. The van der Waals surface area contributed by atoms with Crippen molar-refractivity contribution in [2.45, 2.75) is 13.5 Å². The Labute approximate surface area is 130 Å². The van der Waals surface area contributed by atoms with E-state index >= 15 is 0 Å². The van der Waals surface area contributed by atoms with Crippen LogP contribution in [0.5, 0.6) is 0 Å². The normalized spacial score (nSPS) is 9.35. The number of ether oxygens (including phenoxy) is 1. The number of nitrogens with zero attached hydrogens (tertiary/aromatic N) is 2. The van der Waals surface area contributed by atoms with Gasteiger partial charge in [-0.25, -0.2) is 9.78 Å². The third-order valence-electron chi connectivity index (χ3n) is 2.20. The van der Waals surface area contributed by atoms with Gasteiger partial charge in [0.25, 0.3) is 0 Å². The van der Waals surface area contributed by atoms with Crippen LogP contribution in [-0.2, 0) is 16.1 Å². The van der Waals surface area contributed by atoms with Crippen molar-refractivity contribution < 1.29 is 19.4 Å². The van der Waals surface area contributed by atoms with Gasteiger partial charge in [-0.3, -0.25) is 9.69 Å². The minimum atomic E-state index is -1.05. The highest BCUT2D eigenvalue weighted by molar-refractivity contribution is 5.86. The largest absolute Gasteiger partial charge is 0.477 e. The summed E-state index contributed by atoms with van der Waals surface area (Å²) in [7, 11) is 1.78. The molecule has 0 saturated heterocycles. The average Bonchev–Trinajstić information content (AvgIpc) is 2.29. The zero-order chi connectivity index (χ0) is 13.5. The molecule has 1 N–H and O–H groups in total. The van der Waals surface area contributed by atoms with Crippen molar-refractivity contribution in [2.24, 2.45) is 0 Å². The van der Waals surface area contributed by atoms with Gasteiger partial charge >= 0.3 is 11.9 Å². The van der Waals surface area contributed by atoms with E-state index in [0.717, 1.165) is 5.56 Å². The van der Waals surface area contributed by atoms with E-state index in [1.807, 2.05) is 0 Å². The van der Waals surface area contributed by atoms with Gasteiger partial charge in [0, 0.05) is 12.7 Å². The number of carboxylic acid groups (broad SMARTS) is 1. The van der Waals surface area contributed by atoms with E-state index in [0.29, 0.717) is 13.2 Å². The van der Waals surface area contributed by atoms with Crippen LogP contribution in [0.4, 0.5) is 0 Å². The van der Waals surface area contributed by atoms with E-state index in [1.165, 1.54) is 12.3 Å². The van der Waals surface area contributed by atoms with Crippen LogP contribution in [0, 0.1) is 0 Å². The van der Waals surface area contributed by atoms with E-state index in [2.05, 4.69) is 4.98 Å². The molecule has 114 valence electrons. The summed E-state index contributed by atoms with van der Waals surface area (Å²) in [5, 5.41) is 8.70. The van der Waals surface area contributed by atoms with E-state index in [1.54, 1.807) is 24.9 Å². The molecule has 0 aromatic carbocycles. The van der Waals surface area contributed by atoms with Gasteiger partial charge in [-0.1, -0.05) is 6.07 Å². The number of carboxylic acids is 1. The summed E-state index contributed by atoms with van der Waals surface area (Å²) in [5.41, 5.74) is 0.846. The molecule has 0 amide bonds. The molecule has 0 bridgehead atoms. The smallest absolute Gasteiger partial charge is 0.354 e. The van der Waals surface area contributed by atoms with Crippen molar-refractivity contribution in [3.8, 4) is 0 Å². The molecule has 0 aliphatic carbocycles. The molecule has 8 heteroatoms. The quantitative estimate of drug-likeness (QED) is 0.801. The number of aromatic carboxylic acids is 1. The number of hydrogen-bond acceptors (Lipinski definition) is 5. The topological polar surface area (TPSA) is 79.7 Å². The summed E-state index contributed by atoms with van der Waals surface area (Å²) in [6.45, 7) is 2.81. The highest BCUT2D eigenvalue weighted by Gasteiger charge is 2.09. The first-order valence-corrected chi connectivity index (χ1v) is 5.55. The van der Waals surface area contributed by atoms with Gasteiger partial charge in [-0.15, -0.1) is 24.8 Å². The Morgan fingerprint density at radius 1 is 1.35 bits per heavy atom. The Kier molecular flexibility index (Phi) is 10.9. The predicted octanol–water partition coefficient (Wildman–Crippen LogP) is 1.62. The second-order valence-corrected chi connectivity index (χ2v) is 3.83. The summed E-state index contributed by atoms with van der Waals surface area (Å²) in [5.74, 6) is -1.34. The number of aromatic nitrogens is 1. The lowest BCUT2D eigenvalue weighted by Gasteiger charge is -2.15. The van der Waals surface area contributed by atoms with E-state index in [9.17, 15) is 9.59 Å².